The van der Waals surface area contributed by atoms with E-state index in [9.17, 15) is 0 Å². The van der Waals surface area contributed by atoms with E-state index in [1.807, 2.05) is 0 Å². The first-order valence-electron chi connectivity index (χ1n) is 6.10. The van der Waals surface area contributed by atoms with E-state index in [0.29, 0.717) is 46.8 Å². The van der Waals surface area contributed by atoms with Gasteiger partial charge in [0.15, 0.2) is 5.82 Å². The van der Waals surface area contributed by atoms with Crippen molar-refractivity contribution in [2.24, 2.45) is 0 Å². The molecule has 7 heteroatoms. The minimum absolute atomic E-state index is 0.358. The van der Waals surface area contributed by atoms with Crippen LogP contribution < -0.4 is 10.5 Å². The third-order valence-corrected chi connectivity index (χ3v) is 3.09. The van der Waals surface area contributed by atoms with Crippen LogP contribution in [0.25, 0.3) is 11.5 Å². The van der Waals surface area contributed by atoms with Gasteiger partial charge in [-0.15, -0.1) is 0 Å². The number of nitrogens with zero attached hydrogens (tertiary/aromatic N) is 2. The van der Waals surface area contributed by atoms with E-state index >= 15 is 0 Å². The number of nitrogens with two attached hydrogens (primary N) is 1. The molecule has 0 unspecified atom stereocenters. The van der Waals surface area contributed by atoms with Gasteiger partial charge in [0.05, 0.1) is 23.4 Å². The summed E-state index contributed by atoms with van der Waals surface area (Å²) in [5.74, 6) is 1.52. The van der Waals surface area contributed by atoms with Crippen LogP contribution in [0.3, 0.4) is 0 Å². The second-order valence-corrected chi connectivity index (χ2v) is 4.59. The lowest BCUT2D eigenvalue weighted by molar-refractivity contribution is 0.194. The summed E-state index contributed by atoms with van der Waals surface area (Å²) in [5.41, 5.74) is 6.80. The van der Waals surface area contributed by atoms with Crippen LogP contribution in [0.4, 0.5) is 5.69 Å². The molecule has 108 valence electrons. The number of nitrogen functional groups attached to an aromatic ring is 1. The second-order valence-electron chi connectivity index (χ2n) is 4.19. The molecule has 0 aliphatic rings. The van der Waals surface area contributed by atoms with Crippen LogP contribution in [0.1, 0.15) is 12.2 Å². The zero-order valence-corrected chi connectivity index (χ0v) is 12.1. The van der Waals surface area contributed by atoms with Gasteiger partial charge in [0.2, 0.25) is 0 Å². The minimum Gasteiger partial charge on any atom is -0.496 e. The number of benzene rings is 1. The maximum atomic E-state index is 6.01. The van der Waals surface area contributed by atoms with Crippen molar-refractivity contribution in [1.82, 2.24) is 10.1 Å². The molecule has 0 radical (unpaired) electrons. The summed E-state index contributed by atoms with van der Waals surface area (Å²) in [7, 11) is 3.20. The van der Waals surface area contributed by atoms with Crippen LogP contribution in [0.2, 0.25) is 5.02 Å². The van der Waals surface area contributed by atoms with E-state index in [2.05, 4.69) is 10.1 Å². The zero-order chi connectivity index (χ0) is 14.5. The monoisotopic (exact) mass is 297 g/mol. The summed E-state index contributed by atoms with van der Waals surface area (Å²) < 4.78 is 15.5. The lowest BCUT2D eigenvalue weighted by atomic mass is 10.2. The molecule has 1 aromatic heterocycles. The number of aryl methyl sites for hydroxylation is 1. The predicted molar refractivity (Wildman–Crippen MR) is 75.9 cm³/mol. The number of rotatable bonds is 6. The van der Waals surface area contributed by atoms with E-state index in [1.165, 1.54) is 0 Å². The smallest absolute Gasteiger partial charge is 0.261 e. The molecule has 0 saturated carbocycles. The van der Waals surface area contributed by atoms with Crippen molar-refractivity contribution in [2.75, 3.05) is 26.6 Å². The standard InChI is InChI=1S/C13H16ClN3O3/c1-18-5-3-4-12-16-13(20-17-12)8-6-9(14)10(15)7-11(8)19-2/h6-7H,3-5,15H2,1-2H3. The molecule has 0 aliphatic heterocycles. The summed E-state index contributed by atoms with van der Waals surface area (Å²) in [5, 5.41) is 4.34. The molecule has 2 aromatic rings. The molecular weight excluding hydrogens is 282 g/mol. The fourth-order valence-electron chi connectivity index (χ4n) is 1.74. The Bertz CT molecular complexity index is 586. The Hall–Kier alpha value is -1.79. The maximum Gasteiger partial charge on any atom is 0.261 e. The lowest BCUT2D eigenvalue weighted by Crippen LogP contribution is -1.95. The molecule has 0 amide bonds. The van der Waals surface area contributed by atoms with Crippen LogP contribution in [-0.4, -0.2) is 31.0 Å². The molecule has 0 aliphatic carbocycles. The average molecular weight is 298 g/mol. The zero-order valence-electron chi connectivity index (χ0n) is 11.4. The molecule has 0 atom stereocenters. The van der Waals surface area contributed by atoms with Crippen molar-refractivity contribution >= 4 is 17.3 Å². The highest BCUT2D eigenvalue weighted by Gasteiger charge is 2.16. The van der Waals surface area contributed by atoms with Crippen LogP contribution >= 0.6 is 11.6 Å². The van der Waals surface area contributed by atoms with Crippen molar-refractivity contribution < 1.29 is 14.0 Å². The summed E-state index contributed by atoms with van der Waals surface area (Å²) in [6.45, 7) is 0.654. The Balaban J connectivity index is 2.25. The molecular formula is C13H16ClN3O3. The first-order valence-corrected chi connectivity index (χ1v) is 6.48. The van der Waals surface area contributed by atoms with E-state index in [1.54, 1.807) is 26.4 Å². The molecule has 0 spiro atoms. The van der Waals surface area contributed by atoms with Gasteiger partial charge >= 0.3 is 0 Å². The van der Waals surface area contributed by atoms with E-state index in [4.69, 9.17) is 31.3 Å². The number of anilines is 1. The highest BCUT2D eigenvalue weighted by atomic mass is 35.5. The van der Waals surface area contributed by atoms with Crippen molar-refractivity contribution in [3.63, 3.8) is 0 Å². The van der Waals surface area contributed by atoms with E-state index in [-0.39, 0.29) is 0 Å². The summed E-state index contributed by atoms with van der Waals surface area (Å²) in [4.78, 5) is 4.32. The second kappa shape index (κ2) is 6.58. The number of hydrogen-bond donors (Lipinski definition) is 1. The van der Waals surface area contributed by atoms with Crippen molar-refractivity contribution in [3.8, 4) is 17.2 Å². The fourth-order valence-corrected chi connectivity index (χ4v) is 1.91. The number of methoxy groups -OCH3 is 2. The Kier molecular flexibility index (Phi) is 4.81. The van der Waals surface area contributed by atoms with Gasteiger partial charge in [-0.1, -0.05) is 16.8 Å². The number of ether oxygens (including phenoxy) is 2. The Morgan fingerprint density at radius 1 is 1.35 bits per heavy atom. The van der Waals surface area contributed by atoms with Crippen molar-refractivity contribution in [1.29, 1.82) is 0 Å². The van der Waals surface area contributed by atoms with Crippen molar-refractivity contribution in [3.05, 3.63) is 23.0 Å². The Morgan fingerprint density at radius 2 is 2.15 bits per heavy atom. The Morgan fingerprint density at radius 3 is 2.85 bits per heavy atom. The van der Waals surface area contributed by atoms with Gasteiger partial charge in [0.25, 0.3) is 5.89 Å². The fraction of sp³-hybridized carbons (Fsp3) is 0.385. The van der Waals surface area contributed by atoms with Gasteiger partial charge in [0.1, 0.15) is 5.75 Å². The molecule has 2 N–H and O–H groups in total. The van der Waals surface area contributed by atoms with Gasteiger partial charge in [-0.3, -0.25) is 0 Å². The number of aromatic nitrogens is 2. The number of halogens is 1. The molecule has 0 saturated heterocycles. The molecule has 20 heavy (non-hydrogen) atoms. The summed E-state index contributed by atoms with van der Waals surface area (Å²) in [6.07, 6.45) is 1.51. The van der Waals surface area contributed by atoms with E-state index in [0.717, 1.165) is 6.42 Å². The van der Waals surface area contributed by atoms with Crippen LogP contribution in [0.15, 0.2) is 16.7 Å². The van der Waals surface area contributed by atoms with Crippen LogP contribution in [0, 0.1) is 0 Å². The van der Waals surface area contributed by atoms with Crippen molar-refractivity contribution in [2.45, 2.75) is 12.8 Å². The quantitative estimate of drug-likeness (QED) is 0.651. The first-order chi connectivity index (χ1) is 9.65. The van der Waals surface area contributed by atoms with Gasteiger partial charge in [-0.25, -0.2) is 0 Å². The van der Waals surface area contributed by atoms with Gasteiger partial charge in [-0.05, 0) is 12.5 Å². The summed E-state index contributed by atoms with van der Waals surface area (Å²) >= 11 is 6.01. The molecule has 1 aromatic carbocycles. The first kappa shape index (κ1) is 14.6. The summed E-state index contributed by atoms with van der Waals surface area (Å²) in [6, 6.07) is 3.29. The highest BCUT2D eigenvalue weighted by Crippen LogP contribution is 2.35. The van der Waals surface area contributed by atoms with E-state index < -0.39 is 0 Å². The molecule has 0 fully saturated rings. The normalized spacial score (nSPS) is 10.8. The maximum absolute atomic E-state index is 6.01. The molecule has 2 rings (SSSR count). The van der Waals surface area contributed by atoms with Gasteiger partial charge in [0, 0.05) is 26.2 Å². The number of hydrogen-bond acceptors (Lipinski definition) is 6. The van der Waals surface area contributed by atoms with Gasteiger partial charge < -0.3 is 19.7 Å². The minimum atomic E-state index is 0.358. The lowest BCUT2D eigenvalue weighted by Gasteiger charge is -2.07. The molecule has 1 heterocycles. The van der Waals surface area contributed by atoms with Crippen LogP contribution in [-0.2, 0) is 11.2 Å². The largest absolute Gasteiger partial charge is 0.496 e. The van der Waals surface area contributed by atoms with Crippen LogP contribution in [0.5, 0.6) is 5.75 Å². The Labute approximate surface area is 121 Å². The molecule has 0 bridgehead atoms. The highest BCUT2D eigenvalue weighted by molar-refractivity contribution is 6.33. The van der Waals surface area contributed by atoms with Gasteiger partial charge in [-0.2, -0.15) is 4.98 Å². The average Bonchev–Trinajstić information content (AvgIpc) is 2.90. The predicted octanol–water partition coefficient (Wildman–Crippen LogP) is 2.56. The molecule has 6 nitrogen and oxygen atoms in total. The third-order valence-electron chi connectivity index (χ3n) is 2.77. The SMILES string of the molecule is COCCCc1noc(-c2cc(Cl)c(N)cc2OC)n1. The third kappa shape index (κ3) is 3.20. The topological polar surface area (TPSA) is 83.4 Å².